The molecule has 0 radical (unpaired) electrons. The quantitative estimate of drug-likeness (QED) is 0.316. The highest BCUT2D eigenvalue weighted by Crippen LogP contribution is 2.44. The van der Waals surface area contributed by atoms with Crippen molar-refractivity contribution in [2.45, 2.75) is 96.8 Å². The largest absolute Gasteiger partial charge is 0.312 e. The summed E-state index contributed by atoms with van der Waals surface area (Å²) >= 11 is 0. The average Bonchev–Trinajstić information content (AvgIpc) is 2.79. The van der Waals surface area contributed by atoms with Gasteiger partial charge in [0.15, 0.2) is 0 Å². The molecule has 2 aliphatic rings. The van der Waals surface area contributed by atoms with Gasteiger partial charge in [-0.2, -0.15) is 0 Å². The van der Waals surface area contributed by atoms with Gasteiger partial charge in [0.25, 0.3) is 5.91 Å². The number of likely N-dealkylation sites (N-methyl/N-ethyl adjacent to an activating group) is 1. The molecule has 0 heterocycles. The summed E-state index contributed by atoms with van der Waals surface area (Å²) in [5.41, 5.74) is 2.99. The van der Waals surface area contributed by atoms with Gasteiger partial charge in [-0.25, -0.2) is 0 Å². The second kappa shape index (κ2) is 11.2. The molecule has 1 aromatic rings. The zero-order chi connectivity index (χ0) is 21.5. The summed E-state index contributed by atoms with van der Waals surface area (Å²) in [6.07, 6.45) is 17.2. The molecule has 0 bridgehead atoms. The number of amides is 1. The van der Waals surface area contributed by atoms with Gasteiger partial charge >= 0.3 is 0 Å². The minimum atomic E-state index is -0.0108. The lowest BCUT2D eigenvalue weighted by Crippen LogP contribution is -2.26. The molecule has 1 aromatic carbocycles. The third-order valence-electron chi connectivity index (χ3n) is 7.97. The maximum absolute atomic E-state index is 12.1. The maximum Gasteiger partial charge on any atom is 0.253 e. The molecule has 0 unspecified atom stereocenters. The molecule has 0 aromatic heterocycles. The van der Waals surface area contributed by atoms with Crippen molar-refractivity contribution in [3.8, 4) is 0 Å². The predicted octanol–water partition coefficient (Wildman–Crippen LogP) is 7.89. The summed E-state index contributed by atoms with van der Waals surface area (Å²) in [5.74, 6) is 3.68. The zero-order valence-corrected chi connectivity index (χ0v) is 19.7. The van der Waals surface area contributed by atoms with Crippen LogP contribution in [0.3, 0.4) is 0 Å². The standard InChI is InChI=1S/C28H43NO/c1-5-6-7-8-22-9-11-23(12-10-22)24-13-15-25(16-14-24)26-17-19-27(20-18-26)29(4)28(30)21(2)3/h17-20,22-25H,2,5-16H2,1,3-4H3. The fraction of sp³-hybridized carbons (Fsp3) is 0.679. The molecule has 30 heavy (non-hydrogen) atoms. The molecule has 3 rings (SSSR count). The first-order valence-corrected chi connectivity index (χ1v) is 12.5. The fourth-order valence-electron chi connectivity index (χ4n) is 5.93. The van der Waals surface area contributed by atoms with Gasteiger partial charge in [0, 0.05) is 18.3 Å². The van der Waals surface area contributed by atoms with Crippen LogP contribution in [0, 0.1) is 17.8 Å². The van der Waals surface area contributed by atoms with Crippen molar-refractivity contribution in [2.24, 2.45) is 17.8 Å². The van der Waals surface area contributed by atoms with Crippen LogP contribution in [-0.2, 0) is 4.79 Å². The number of hydrogen-bond acceptors (Lipinski definition) is 1. The topological polar surface area (TPSA) is 20.3 Å². The SMILES string of the molecule is C=C(C)C(=O)N(C)c1ccc(C2CCC(C3CCC(CCCCC)CC3)CC2)cc1. The van der Waals surface area contributed by atoms with E-state index in [4.69, 9.17) is 0 Å². The van der Waals surface area contributed by atoms with E-state index in [9.17, 15) is 4.79 Å². The summed E-state index contributed by atoms with van der Waals surface area (Å²) in [7, 11) is 1.83. The summed E-state index contributed by atoms with van der Waals surface area (Å²) in [6, 6.07) is 8.68. The van der Waals surface area contributed by atoms with E-state index in [1.807, 2.05) is 7.05 Å². The van der Waals surface area contributed by atoms with Crippen LogP contribution in [0.2, 0.25) is 0 Å². The van der Waals surface area contributed by atoms with Crippen molar-refractivity contribution in [1.29, 1.82) is 0 Å². The van der Waals surface area contributed by atoms with Gasteiger partial charge in [-0.1, -0.05) is 64.2 Å². The first kappa shape index (κ1) is 23.1. The van der Waals surface area contributed by atoms with E-state index in [1.165, 1.54) is 82.6 Å². The highest BCUT2D eigenvalue weighted by molar-refractivity contribution is 6.04. The Morgan fingerprint density at radius 2 is 1.50 bits per heavy atom. The van der Waals surface area contributed by atoms with Gasteiger partial charge in [0.2, 0.25) is 0 Å². The molecule has 2 nitrogen and oxygen atoms in total. The van der Waals surface area contributed by atoms with Crippen LogP contribution >= 0.6 is 0 Å². The van der Waals surface area contributed by atoms with Crippen LogP contribution in [0.5, 0.6) is 0 Å². The number of unbranched alkanes of at least 4 members (excludes halogenated alkanes) is 2. The van der Waals surface area contributed by atoms with Crippen molar-refractivity contribution in [2.75, 3.05) is 11.9 Å². The molecule has 0 N–H and O–H groups in total. The molecular formula is C28H43NO. The molecule has 166 valence electrons. The van der Waals surface area contributed by atoms with Crippen LogP contribution in [0.4, 0.5) is 5.69 Å². The van der Waals surface area contributed by atoms with E-state index >= 15 is 0 Å². The number of carbonyl (C=O) groups is 1. The smallest absolute Gasteiger partial charge is 0.253 e. The lowest BCUT2D eigenvalue weighted by molar-refractivity contribution is -0.114. The Hall–Kier alpha value is -1.57. The van der Waals surface area contributed by atoms with E-state index in [1.54, 1.807) is 11.8 Å². The summed E-state index contributed by atoms with van der Waals surface area (Å²) in [5, 5.41) is 0. The van der Waals surface area contributed by atoms with Gasteiger partial charge in [-0.05, 0) is 86.8 Å². The first-order valence-electron chi connectivity index (χ1n) is 12.5. The maximum atomic E-state index is 12.1. The molecule has 2 saturated carbocycles. The minimum absolute atomic E-state index is 0.0108. The first-order chi connectivity index (χ1) is 14.5. The normalized spacial score (nSPS) is 26.9. The van der Waals surface area contributed by atoms with Gasteiger partial charge in [0.1, 0.15) is 0 Å². The molecule has 0 saturated heterocycles. The summed E-state index contributed by atoms with van der Waals surface area (Å²) in [6.45, 7) is 7.85. The van der Waals surface area contributed by atoms with E-state index in [-0.39, 0.29) is 5.91 Å². The second-order valence-corrected chi connectivity index (χ2v) is 10.1. The zero-order valence-electron chi connectivity index (χ0n) is 19.7. The van der Waals surface area contributed by atoms with Crippen LogP contribution in [0.1, 0.15) is 102 Å². The predicted molar refractivity (Wildman–Crippen MR) is 129 cm³/mol. The Morgan fingerprint density at radius 3 is 2.03 bits per heavy atom. The van der Waals surface area contributed by atoms with Gasteiger partial charge < -0.3 is 4.90 Å². The number of benzene rings is 1. The fourth-order valence-corrected chi connectivity index (χ4v) is 5.93. The van der Waals surface area contributed by atoms with E-state index in [2.05, 4.69) is 37.8 Å². The molecule has 2 aliphatic carbocycles. The highest BCUT2D eigenvalue weighted by Gasteiger charge is 2.31. The van der Waals surface area contributed by atoms with E-state index in [0.29, 0.717) is 11.5 Å². The molecule has 2 heteroatoms. The number of hydrogen-bond donors (Lipinski definition) is 0. The third kappa shape index (κ3) is 5.99. The third-order valence-corrected chi connectivity index (χ3v) is 7.97. The molecule has 0 spiro atoms. The molecule has 0 aliphatic heterocycles. The number of rotatable bonds is 8. The van der Waals surface area contributed by atoms with Crippen molar-refractivity contribution in [3.63, 3.8) is 0 Å². The molecule has 0 atom stereocenters. The van der Waals surface area contributed by atoms with Crippen LogP contribution in [-0.4, -0.2) is 13.0 Å². The van der Waals surface area contributed by atoms with Crippen LogP contribution < -0.4 is 4.90 Å². The van der Waals surface area contributed by atoms with Gasteiger partial charge in [0.05, 0.1) is 0 Å². The molecule has 2 fully saturated rings. The van der Waals surface area contributed by atoms with E-state index in [0.717, 1.165) is 23.4 Å². The Morgan fingerprint density at radius 1 is 0.933 bits per heavy atom. The van der Waals surface area contributed by atoms with Crippen LogP contribution in [0.25, 0.3) is 0 Å². The van der Waals surface area contributed by atoms with E-state index < -0.39 is 0 Å². The number of anilines is 1. The number of carbonyl (C=O) groups excluding carboxylic acids is 1. The molecule has 1 amide bonds. The van der Waals surface area contributed by atoms with Gasteiger partial charge in [-0.15, -0.1) is 0 Å². The van der Waals surface area contributed by atoms with Crippen molar-refractivity contribution in [1.82, 2.24) is 0 Å². The molecular weight excluding hydrogens is 366 g/mol. The monoisotopic (exact) mass is 409 g/mol. The summed E-state index contributed by atoms with van der Waals surface area (Å²) in [4.78, 5) is 13.8. The summed E-state index contributed by atoms with van der Waals surface area (Å²) < 4.78 is 0. The van der Waals surface area contributed by atoms with Crippen molar-refractivity contribution >= 4 is 11.6 Å². The second-order valence-electron chi connectivity index (χ2n) is 10.1. The Labute approximate surface area is 185 Å². The lowest BCUT2D eigenvalue weighted by Gasteiger charge is -2.38. The lowest BCUT2D eigenvalue weighted by atomic mass is 9.68. The van der Waals surface area contributed by atoms with Crippen LogP contribution in [0.15, 0.2) is 36.4 Å². The van der Waals surface area contributed by atoms with Crippen molar-refractivity contribution in [3.05, 3.63) is 42.0 Å². The Kier molecular flexibility index (Phi) is 8.60. The average molecular weight is 410 g/mol. The number of nitrogens with zero attached hydrogens (tertiary/aromatic N) is 1. The Balaban J connectivity index is 1.44. The Bertz CT molecular complexity index is 675. The van der Waals surface area contributed by atoms with Gasteiger partial charge in [-0.3, -0.25) is 4.79 Å². The highest BCUT2D eigenvalue weighted by atomic mass is 16.2. The van der Waals surface area contributed by atoms with Crippen molar-refractivity contribution < 1.29 is 4.79 Å². The minimum Gasteiger partial charge on any atom is -0.312 e.